The van der Waals surface area contributed by atoms with Crippen LogP contribution in [-0.2, 0) is 11.3 Å². The maximum Gasteiger partial charge on any atom is 0.187 e. The maximum atomic E-state index is 9.86. The standard InChI is InChI=1S/C15H18N2O2S/c1-12-7-8-16-15(17-12)20-11-14(18)10-19-9-13-5-3-2-4-6-13/h2-8,14,18H,9-11H2,1H3. The van der Waals surface area contributed by atoms with Crippen LogP contribution in [-0.4, -0.2) is 33.5 Å². The molecule has 0 amide bonds. The second kappa shape index (κ2) is 7.99. The molecule has 106 valence electrons. The Morgan fingerprint density at radius 2 is 2.05 bits per heavy atom. The van der Waals surface area contributed by atoms with E-state index in [1.807, 2.05) is 43.3 Å². The lowest BCUT2D eigenvalue weighted by Crippen LogP contribution is -2.18. The van der Waals surface area contributed by atoms with Crippen molar-refractivity contribution in [1.82, 2.24) is 9.97 Å². The van der Waals surface area contributed by atoms with E-state index in [9.17, 15) is 5.11 Å². The SMILES string of the molecule is Cc1ccnc(SCC(O)COCc2ccccc2)n1. The van der Waals surface area contributed by atoms with Gasteiger partial charge in [-0.25, -0.2) is 9.97 Å². The monoisotopic (exact) mass is 290 g/mol. The van der Waals surface area contributed by atoms with Crippen molar-refractivity contribution in [3.63, 3.8) is 0 Å². The second-order valence-electron chi connectivity index (χ2n) is 4.45. The van der Waals surface area contributed by atoms with Gasteiger partial charge in [-0.2, -0.15) is 0 Å². The highest BCUT2D eigenvalue weighted by Gasteiger charge is 2.07. The molecule has 4 nitrogen and oxygen atoms in total. The summed E-state index contributed by atoms with van der Waals surface area (Å²) in [5.41, 5.74) is 2.03. The minimum atomic E-state index is -0.521. The Balaban J connectivity index is 1.67. The minimum Gasteiger partial charge on any atom is -0.390 e. The number of aromatic nitrogens is 2. The molecule has 5 heteroatoms. The third-order valence-electron chi connectivity index (χ3n) is 2.60. The van der Waals surface area contributed by atoms with Crippen LogP contribution in [0.15, 0.2) is 47.8 Å². The fourth-order valence-corrected chi connectivity index (χ4v) is 2.38. The summed E-state index contributed by atoms with van der Waals surface area (Å²) in [6.07, 6.45) is 1.20. The third-order valence-corrected chi connectivity index (χ3v) is 3.61. The number of ether oxygens (including phenoxy) is 1. The van der Waals surface area contributed by atoms with Gasteiger partial charge in [-0.3, -0.25) is 0 Å². The zero-order valence-electron chi connectivity index (χ0n) is 11.4. The number of aliphatic hydroxyl groups excluding tert-OH is 1. The molecule has 2 aromatic rings. The van der Waals surface area contributed by atoms with Gasteiger partial charge >= 0.3 is 0 Å². The van der Waals surface area contributed by atoms with Crippen LogP contribution >= 0.6 is 11.8 Å². The van der Waals surface area contributed by atoms with Gasteiger partial charge in [-0.15, -0.1) is 0 Å². The predicted molar refractivity (Wildman–Crippen MR) is 79.6 cm³/mol. The number of hydrogen-bond donors (Lipinski definition) is 1. The Labute approximate surface area is 123 Å². The van der Waals surface area contributed by atoms with Crippen LogP contribution in [0.3, 0.4) is 0 Å². The van der Waals surface area contributed by atoms with E-state index in [0.717, 1.165) is 11.3 Å². The van der Waals surface area contributed by atoms with Crippen LogP contribution in [0.25, 0.3) is 0 Å². The molecule has 0 aliphatic heterocycles. The van der Waals surface area contributed by atoms with Crippen LogP contribution in [0.1, 0.15) is 11.3 Å². The van der Waals surface area contributed by atoms with Gasteiger partial charge in [0.05, 0.1) is 19.3 Å². The summed E-state index contributed by atoms with van der Waals surface area (Å²) < 4.78 is 5.49. The van der Waals surface area contributed by atoms with E-state index in [2.05, 4.69) is 9.97 Å². The quantitative estimate of drug-likeness (QED) is 0.627. The van der Waals surface area contributed by atoms with Crippen molar-refractivity contribution in [1.29, 1.82) is 0 Å². The summed E-state index contributed by atoms with van der Waals surface area (Å²) in [5.74, 6) is 0.526. The minimum absolute atomic E-state index is 0.313. The average molecular weight is 290 g/mol. The number of thioether (sulfide) groups is 1. The number of hydrogen-bond acceptors (Lipinski definition) is 5. The lowest BCUT2D eigenvalue weighted by atomic mass is 10.2. The smallest absolute Gasteiger partial charge is 0.187 e. The highest BCUT2D eigenvalue weighted by molar-refractivity contribution is 7.99. The van der Waals surface area contributed by atoms with Gasteiger partial charge in [-0.05, 0) is 18.6 Å². The molecule has 20 heavy (non-hydrogen) atoms. The topological polar surface area (TPSA) is 55.2 Å². The Kier molecular flexibility index (Phi) is 5.98. The zero-order valence-corrected chi connectivity index (χ0v) is 12.2. The Hall–Kier alpha value is -1.43. The van der Waals surface area contributed by atoms with E-state index in [0.29, 0.717) is 24.1 Å². The third kappa shape index (κ3) is 5.28. The van der Waals surface area contributed by atoms with E-state index in [-0.39, 0.29) is 0 Å². The molecule has 1 heterocycles. The summed E-state index contributed by atoms with van der Waals surface area (Å²) >= 11 is 1.44. The van der Waals surface area contributed by atoms with E-state index >= 15 is 0 Å². The van der Waals surface area contributed by atoms with E-state index in [4.69, 9.17) is 4.74 Å². The van der Waals surface area contributed by atoms with Crippen molar-refractivity contribution >= 4 is 11.8 Å². The molecule has 1 aromatic carbocycles. The van der Waals surface area contributed by atoms with Crippen molar-refractivity contribution in [2.24, 2.45) is 0 Å². The lowest BCUT2D eigenvalue weighted by Gasteiger charge is -2.10. The summed E-state index contributed by atoms with van der Waals surface area (Å²) in [7, 11) is 0. The van der Waals surface area contributed by atoms with Crippen molar-refractivity contribution in [3.8, 4) is 0 Å². The molecule has 0 aliphatic rings. The maximum absolute atomic E-state index is 9.86. The van der Waals surface area contributed by atoms with Crippen LogP contribution in [0.5, 0.6) is 0 Å². The van der Waals surface area contributed by atoms with Crippen molar-refractivity contribution in [3.05, 3.63) is 53.9 Å². The molecular formula is C15H18N2O2S. The Bertz CT molecular complexity index is 522. The molecule has 1 atom stereocenters. The molecule has 0 saturated heterocycles. The van der Waals surface area contributed by atoms with Gasteiger partial charge in [0.1, 0.15) is 0 Å². The van der Waals surface area contributed by atoms with Crippen molar-refractivity contribution in [2.45, 2.75) is 24.8 Å². The normalized spacial score (nSPS) is 12.3. The van der Waals surface area contributed by atoms with E-state index in [1.165, 1.54) is 11.8 Å². The van der Waals surface area contributed by atoms with Crippen molar-refractivity contribution in [2.75, 3.05) is 12.4 Å². The average Bonchev–Trinajstić information content (AvgIpc) is 2.46. The summed E-state index contributed by atoms with van der Waals surface area (Å²) in [6.45, 7) is 2.75. The second-order valence-corrected chi connectivity index (χ2v) is 5.43. The molecule has 0 aliphatic carbocycles. The molecule has 1 unspecified atom stereocenters. The first-order valence-electron chi connectivity index (χ1n) is 6.46. The molecule has 0 radical (unpaired) electrons. The van der Waals surface area contributed by atoms with Crippen LogP contribution < -0.4 is 0 Å². The number of nitrogens with zero attached hydrogens (tertiary/aromatic N) is 2. The first-order valence-corrected chi connectivity index (χ1v) is 7.45. The molecule has 1 N–H and O–H groups in total. The molecule has 0 bridgehead atoms. The molecule has 1 aromatic heterocycles. The first-order chi connectivity index (χ1) is 9.74. The number of benzene rings is 1. The number of aryl methyl sites for hydroxylation is 1. The summed E-state index contributed by atoms with van der Waals surface area (Å²) in [4.78, 5) is 8.41. The number of aliphatic hydroxyl groups is 1. The van der Waals surface area contributed by atoms with Gasteiger partial charge in [0.15, 0.2) is 5.16 Å². The molecule has 2 rings (SSSR count). The Morgan fingerprint density at radius 3 is 2.80 bits per heavy atom. The van der Waals surface area contributed by atoms with Gasteiger partial charge in [0.2, 0.25) is 0 Å². The van der Waals surface area contributed by atoms with Crippen LogP contribution in [0.2, 0.25) is 0 Å². The van der Waals surface area contributed by atoms with E-state index in [1.54, 1.807) is 6.20 Å². The molecular weight excluding hydrogens is 272 g/mol. The van der Waals surface area contributed by atoms with Gasteiger partial charge in [0, 0.05) is 17.6 Å². The highest BCUT2D eigenvalue weighted by Crippen LogP contribution is 2.14. The summed E-state index contributed by atoms with van der Waals surface area (Å²) in [5, 5.41) is 10.5. The predicted octanol–water partition coefficient (Wildman–Crippen LogP) is 2.45. The molecule has 0 spiro atoms. The summed E-state index contributed by atoms with van der Waals surface area (Å²) in [6, 6.07) is 11.8. The number of rotatable bonds is 7. The molecule has 0 saturated carbocycles. The zero-order chi connectivity index (χ0) is 14.2. The van der Waals surface area contributed by atoms with E-state index < -0.39 is 6.10 Å². The van der Waals surface area contributed by atoms with Gasteiger partial charge < -0.3 is 9.84 Å². The highest BCUT2D eigenvalue weighted by atomic mass is 32.2. The van der Waals surface area contributed by atoms with Crippen LogP contribution in [0, 0.1) is 6.92 Å². The van der Waals surface area contributed by atoms with Gasteiger partial charge in [-0.1, -0.05) is 42.1 Å². The Morgan fingerprint density at radius 1 is 1.25 bits per heavy atom. The fraction of sp³-hybridized carbons (Fsp3) is 0.333. The van der Waals surface area contributed by atoms with Crippen molar-refractivity contribution < 1.29 is 9.84 Å². The molecule has 0 fully saturated rings. The first kappa shape index (κ1) is 15.0. The van der Waals surface area contributed by atoms with Crippen LogP contribution in [0.4, 0.5) is 0 Å². The lowest BCUT2D eigenvalue weighted by molar-refractivity contribution is 0.0398. The van der Waals surface area contributed by atoms with Gasteiger partial charge in [0.25, 0.3) is 0 Å². The fourth-order valence-electron chi connectivity index (χ4n) is 1.60. The largest absolute Gasteiger partial charge is 0.390 e.